The van der Waals surface area contributed by atoms with Crippen LogP contribution in [-0.2, 0) is 23.7 Å². The molecular formula is C21H31NO5. The highest BCUT2D eigenvalue weighted by Gasteiger charge is 2.32. The fourth-order valence-electron chi connectivity index (χ4n) is 3.40. The van der Waals surface area contributed by atoms with Crippen LogP contribution in [-0.4, -0.2) is 44.8 Å². The summed E-state index contributed by atoms with van der Waals surface area (Å²) in [5.74, 6) is -1.12. The lowest BCUT2D eigenvalue weighted by molar-refractivity contribution is -0.145. The first-order valence-electron chi connectivity index (χ1n) is 9.75. The Labute approximate surface area is 162 Å². The summed E-state index contributed by atoms with van der Waals surface area (Å²) in [7, 11) is 1.71. The predicted octanol–water partition coefficient (Wildman–Crippen LogP) is 3.82. The standard InChI is InChI=1S/C21H31NO5/c1-21(2)26-15-18(27-21)10-12-25-20(23)19(14-22)17-9-6-8-16(13-17)7-4-5-11-24-3/h13,18H,4-12,15H2,1-3H3/b19-17-. The normalized spacial score (nSPS) is 23.5. The second-order valence-electron chi connectivity index (χ2n) is 7.49. The van der Waals surface area contributed by atoms with E-state index >= 15 is 0 Å². The Hall–Kier alpha value is -1.68. The fraction of sp³-hybridized carbons (Fsp3) is 0.714. The molecule has 1 aliphatic heterocycles. The number of ether oxygens (including phenoxy) is 4. The van der Waals surface area contributed by atoms with Crippen molar-refractivity contribution in [2.75, 3.05) is 26.9 Å². The largest absolute Gasteiger partial charge is 0.461 e. The van der Waals surface area contributed by atoms with Crippen molar-refractivity contribution in [1.82, 2.24) is 0 Å². The van der Waals surface area contributed by atoms with Gasteiger partial charge in [-0.1, -0.05) is 11.6 Å². The lowest BCUT2D eigenvalue weighted by atomic mass is 9.90. The highest BCUT2D eigenvalue weighted by Crippen LogP contribution is 2.28. The van der Waals surface area contributed by atoms with Crippen LogP contribution < -0.4 is 0 Å². The molecule has 0 aromatic carbocycles. The van der Waals surface area contributed by atoms with Crippen molar-refractivity contribution in [2.24, 2.45) is 0 Å². The van der Waals surface area contributed by atoms with Gasteiger partial charge in [-0.3, -0.25) is 0 Å². The lowest BCUT2D eigenvalue weighted by Crippen LogP contribution is -2.22. The van der Waals surface area contributed by atoms with Gasteiger partial charge in [0.2, 0.25) is 0 Å². The first-order chi connectivity index (χ1) is 12.9. The molecule has 1 heterocycles. The van der Waals surface area contributed by atoms with Gasteiger partial charge in [-0.05, 0) is 57.9 Å². The summed E-state index contributed by atoms with van der Waals surface area (Å²) in [6, 6.07) is 2.04. The summed E-state index contributed by atoms with van der Waals surface area (Å²) in [6.07, 6.45) is 8.28. The SMILES string of the molecule is COCCCCC1=C/C(=C(/C#N)C(=O)OCCC2COC(C)(C)O2)CCC1. The number of carbonyl (C=O) groups excluding carboxylic acids is 1. The number of allylic oxidation sites excluding steroid dienone is 3. The molecule has 2 rings (SSSR count). The average molecular weight is 377 g/mol. The number of hydrogen-bond acceptors (Lipinski definition) is 6. The molecule has 1 aliphatic carbocycles. The number of nitrogens with zero attached hydrogens (tertiary/aromatic N) is 1. The smallest absolute Gasteiger partial charge is 0.349 e. The monoisotopic (exact) mass is 377 g/mol. The van der Waals surface area contributed by atoms with E-state index in [2.05, 4.69) is 0 Å². The van der Waals surface area contributed by atoms with Crippen LogP contribution in [0.25, 0.3) is 0 Å². The zero-order chi connectivity index (χ0) is 19.7. The van der Waals surface area contributed by atoms with Crippen LogP contribution in [0.3, 0.4) is 0 Å². The highest BCUT2D eigenvalue weighted by molar-refractivity contribution is 5.94. The maximum absolute atomic E-state index is 12.4. The molecule has 0 aromatic heterocycles. The van der Waals surface area contributed by atoms with Gasteiger partial charge in [-0.2, -0.15) is 5.26 Å². The molecule has 1 saturated heterocycles. The third-order valence-corrected chi connectivity index (χ3v) is 4.80. The van der Waals surface area contributed by atoms with Crippen LogP contribution in [0.5, 0.6) is 0 Å². The Morgan fingerprint density at radius 2 is 2.15 bits per heavy atom. The molecule has 27 heavy (non-hydrogen) atoms. The minimum absolute atomic E-state index is 0.0840. The van der Waals surface area contributed by atoms with E-state index < -0.39 is 11.8 Å². The first kappa shape index (κ1) is 21.6. The summed E-state index contributed by atoms with van der Waals surface area (Å²) in [6.45, 7) is 5.19. The average Bonchev–Trinajstić information content (AvgIpc) is 2.99. The Morgan fingerprint density at radius 1 is 1.33 bits per heavy atom. The van der Waals surface area contributed by atoms with Gasteiger partial charge in [0.25, 0.3) is 0 Å². The molecule has 1 unspecified atom stereocenters. The summed E-state index contributed by atoms with van der Waals surface area (Å²) in [5.41, 5.74) is 2.23. The van der Waals surface area contributed by atoms with E-state index in [4.69, 9.17) is 18.9 Å². The molecule has 0 N–H and O–H groups in total. The Balaban J connectivity index is 1.87. The van der Waals surface area contributed by atoms with Gasteiger partial charge < -0.3 is 18.9 Å². The highest BCUT2D eigenvalue weighted by atomic mass is 16.7. The van der Waals surface area contributed by atoms with Gasteiger partial charge >= 0.3 is 5.97 Å². The number of hydrogen-bond donors (Lipinski definition) is 0. The molecule has 0 bridgehead atoms. The second kappa shape index (κ2) is 10.6. The Morgan fingerprint density at radius 3 is 2.81 bits per heavy atom. The van der Waals surface area contributed by atoms with E-state index in [0.29, 0.717) is 13.0 Å². The molecule has 1 fully saturated rings. The minimum atomic E-state index is -0.582. The van der Waals surface area contributed by atoms with Gasteiger partial charge in [0.05, 0.1) is 19.3 Å². The lowest BCUT2D eigenvalue weighted by Gasteiger charge is -2.17. The molecule has 6 heteroatoms. The van der Waals surface area contributed by atoms with Crippen LogP contribution in [0.4, 0.5) is 0 Å². The molecule has 0 spiro atoms. The van der Waals surface area contributed by atoms with Gasteiger partial charge in [0.15, 0.2) is 5.79 Å². The summed E-state index contributed by atoms with van der Waals surface area (Å²) in [4.78, 5) is 12.4. The molecule has 0 radical (unpaired) electrons. The van der Waals surface area contributed by atoms with Gasteiger partial charge in [-0.25, -0.2) is 4.79 Å². The second-order valence-corrected chi connectivity index (χ2v) is 7.49. The summed E-state index contributed by atoms with van der Waals surface area (Å²) in [5, 5.41) is 9.46. The number of nitriles is 1. The molecule has 150 valence electrons. The zero-order valence-electron chi connectivity index (χ0n) is 16.7. The number of carbonyl (C=O) groups is 1. The predicted molar refractivity (Wildman–Crippen MR) is 101 cm³/mol. The van der Waals surface area contributed by atoms with E-state index in [1.54, 1.807) is 7.11 Å². The number of unbranched alkanes of at least 4 members (excludes halogenated alkanes) is 1. The van der Waals surface area contributed by atoms with E-state index in [9.17, 15) is 10.1 Å². The van der Waals surface area contributed by atoms with Crippen LogP contribution >= 0.6 is 0 Å². The van der Waals surface area contributed by atoms with Gasteiger partial charge in [0, 0.05) is 20.1 Å². The topological polar surface area (TPSA) is 77.8 Å². The number of esters is 1. The Bertz CT molecular complexity index is 615. The summed E-state index contributed by atoms with van der Waals surface area (Å²) < 4.78 is 21.6. The van der Waals surface area contributed by atoms with Crippen LogP contribution in [0.1, 0.15) is 58.8 Å². The van der Waals surface area contributed by atoms with E-state index in [-0.39, 0.29) is 18.3 Å². The van der Waals surface area contributed by atoms with Crippen molar-refractivity contribution in [3.63, 3.8) is 0 Å². The summed E-state index contributed by atoms with van der Waals surface area (Å²) >= 11 is 0. The third-order valence-electron chi connectivity index (χ3n) is 4.80. The van der Waals surface area contributed by atoms with Crippen LogP contribution in [0.15, 0.2) is 22.8 Å². The fourth-order valence-corrected chi connectivity index (χ4v) is 3.40. The maximum Gasteiger partial charge on any atom is 0.349 e. The van der Waals surface area contributed by atoms with Crippen molar-refractivity contribution in [1.29, 1.82) is 5.26 Å². The number of rotatable bonds is 9. The van der Waals surface area contributed by atoms with Crippen molar-refractivity contribution in [2.45, 2.75) is 70.7 Å². The molecule has 0 aromatic rings. The van der Waals surface area contributed by atoms with Gasteiger partial charge in [-0.15, -0.1) is 0 Å². The first-order valence-corrected chi connectivity index (χ1v) is 9.75. The molecule has 0 saturated carbocycles. The van der Waals surface area contributed by atoms with E-state index in [0.717, 1.165) is 50.7 Å². The van der Waals surface area contributed by atoms with Crippen molar-refractivity contribution < 1.29 is 23.7 Å². The molecule has 1 atom stereocenters. The van der Waals surface area contributed by atoms with Crippen LogP contribution in [0, 0.1) is 11.3 Å². The minimum Gasteiger partial charge on any atom is -0.461 e. The Kier molecular flexibility index (Phi) is 8.49. The molecule has 2 aliphatic rings. The quantitative estimate of drug-likeness (QED) is 0.263. The van der Waals surface area contributed by atoms with Crippen LogP contribution in [0.2, 0.25) is 0 Å². The third kappa shape index (κ3) is 7.10. The zero-order valence-corrected chi connectivity index (χ0v) is 16.7. The van der Waals surface area contributed by atoms with Crippen molar-refractivity contribution in [3.05, 3.63) is 22.8 Å². The van der Waals surface area contributed by atoms with E-state index in [1.165, 1.54) is 5.57 Å². The number of methoxy groups -OCH3 is 1. The van der Waals surface area contributed by atoms with Crippen molar-refractivity contribution in [3.8, 4) is 6.07 Å². The van der Waals surface area contributed by atoms with E-state index in [1.807, 2.05) is 26.0 Å². The molecular weight excluding hydrogens is 346 g/mol. The molecule has 0 amide bonds. The van der Waals surface area contributed by atoms with Crippen molar-refractivity contribution >= 4 is 5.97 Å². The maximum atomic E-state index is 12.4. The van der Waals surface area contributed by atoms with Gasteiger partial charge in [0.1, 0.15) is 11.6 Å². The molecule has 6 nitrogen and oxygen atoms in total.